The first-order valence-electron chi connectivity index (χ1n) is 8.09. The van der Waals surface area contributed by atoms with Crippen LogP contribution in [0.1, 0.15) is 41.6 Å². The van der Waals surface area contributed by atoms with Crippen LogP contribution in [-0.2, 0) is 6.42 Å². The predicted octanol–water partition coefficient (Wildman–Crippen LogP) is 2.02. The second-order valence-electron chi connectivity index (χ2n) is 6.61. The summed E-state index contributed by atoms with van der Waals surface area (Å²) in [6, 6.07) is 6.28. The maximum absolute atomic E-state index is 12.7. The van der Waals surface area contributed by atoms with Gasteiger partial charge in [-0.2, -0.15) is 0 Å². The van der Waals surface area contributed by atoms with Gasteiger partial charge < -0.3 is 10.0 Å². The highest BCUT2D eigenvalue weighted by molar-refractivity contribution is 5.97. The zero-order chi connectivity index (χ0) is 14.4. The van der Waals surface area contributed by atoms with Crippen LogP contribution >= 0.6 is 0 Å². The standard InChI is InChI=1S/C17H22N2O2/c20-15-4-5-16-12(10-15)6-9-19(17(16)21)14-7-8-18(11-14)13-2-1-3-13/h4-5,10,13-14,20H,1-3,6-9,11H2/t14-/m0/s1. The molecule has 1 N–H and O–H groups in total. The number of hydrogen-bond acceptors (Lipinski definition) is 3. The molecule has 0 radical (unpaired) electrons. The maximum atomic E-state index is 12.7. The minimum absolute atomic E-state index is 0.150. The first-order valence-corrected chi connectivity index (χ1v) is 8.09. The van der Waals surface area contributed by atoms with Crippen LogP contribution in [0.2, 0.25) is 0 Å². The van der Waals surface area contributed by atoms with Gasteiger partial charge >= 0.3 is 0 Å². The zero-order valence-corrected chi connectivity index (χ0v) is 12.3. The molecule has 1 atom stereocenters. The third-order valence-corrected chi connectivity index (χ3v) is 5.43. The summed E-state index contributed by atoms with van der Waals surface area (Å²) in [5, 5.41) is 9.55. The molecule has 2 fully saturated rings. The van der Waals surface area contributed by atoms with Crippen LogP contribution in [0.5, 0.6) is 5.75 Å². The lowest BCUT2D eigenvalue weighted by atomic mass is 9.92. The molecule has 0 unspecified atom stereocenters. The fraction of sp³-hybridized carbons (Fsp3) is 0.588. The first-order chi connectivity index (χ1) is 10.2. The molecule has 1 saturated carbocycles. The molecule has 112 valence electrons. The maximum Gasteiger partial charge on any atom is 0.254 e. The Morgan fingerprint density at radius 1 is 1.10 bits per heavy atom. The van der Waals surface area contributed by atoms with Crippen LogP contribution in [0.3, 0.4) is 0 Å². The number of likely N-dealkylation sites (tertiary alicyclic amines) is 1. The number of nitrogens with zero attached hydrogens (tertiary/aromatic N) is 2. The van der Waals surface area contributed by atoms with Crippen molar-refractivity contribution in [2.45, 2.75) is 44.2 Å². The molecule has 4 nitrogen and oxygen atoms in total. The number of carbonyl (C=O) groups is 1. The Morgan fingerprint density at radius 2 is 1.95 bits per heavy atom. The van der Waals surface area contributed by atoms with Gasteiger partial charge in [-0.25, -0.2) is 0 Å². The Bertz CT molecular complexity index is 568. The number of aromatic hydroxyl groups is 1. The first kappa shape index (κ1) is 13.1. The Balaban J connectivity index is 1.49. The molecule has 3 aliphatic rings. The van der Waals surface area contributed by atoms with Gasteiger partial charge in [0.05, 0.1) is 0 Å². The monoisotopic (exact) mass is 286 g/mol. The number of hydrogen-bond donors (Lipinski definition) is 1. The van der Waals surface area contributed by atoms with Gasteiger partial charge in [0.1, 0.15) is 5.75 Å². The van der Waals surface area contributed by atoms with Gasteiger partial charge in [0.2, 0.25) is 0 Å². The van der Waals surface area contributed by atoms with Gasteiger partial charge in [-0.1, -0.05) is 6.42 Å². The van der Waals surface area contributed by atoms with Crippen LogP contribution in [-0.4, -0.2) is 52.5 Å². The molecular formula is C17H22N2O2. The van der Waals surface area contributed by atoms with Gasteiger partial charge in [-0.05, 0) is 49.4 Å². The molecule has 0 spiro atoms. The van der Waals surface area contributed by atoms with Crippen LogP contribution in [0.25, 0.3) is 0 Å². The van der Waals surface area contributed by atoms with Crippen LogP contribution < -0.4 is 0 Å². The number of phenols is 1. The van der Waals surface area contributed by atoms with Crippen molar-refractivity contribution in [2.75, 3.05) is 19.6 Å². The van der Waals surface area contributed by atoms with E-state index >= 15 is 0 Å². The van der Waals surface area contributed by atoms with Gasteiger partial charge in [0, 0.05) is 37.3 Å². The molecule has 1 amide bonds. The Morgan fingerprint density at radius 3 is 2.71 bits per heavy atom. The lowest BCUT2D eigenvalue weighted by Gasteiger charge is -2.37. The minimum atomic E-state index is 0.150. The molecular weight excluding hydrogens is 264 g/mol. The number of rotatable bonds is 2. The summed E-state index contributed by atoms with van der Waals surface area (Å²) in [5.74, 6) is 0.406. The Hall–Kier alpha value is -1.55. The van der Waals surface area contributed by atoms with Crippen molar-refractivity contribution in [1.29, 1.82) is 0 Å². The van der Waals surface area contributed by atoms with Crippen molar-refractivity contribution in [3.8, 4) is 5.75 Å². The number of fused-ring (bicyclic) bond motifs is 1. The summed E-state index contributed by atoms with van der Waals surface area (Å²) in [4.78, 5) is 17.3. The molecule has 2 heterocycles. The van der Waals surface area contributed by atoms with E-state index in [9.17, 15) is 9.90 Å². The number of phenolic OH excluding ortho intramolecular Hbond substituents is 1. The summed E-state index contributed by atoms with van der Waals surface area (Å²) < 4.78 is 0. The highest BCUT2D eigenvalue weighted by Gasteiger charge is 2.37. The molecule has 1 aromatic carbocycles. The molecule has 0 aromatic heterocycles. The smallest absolute Gasteiger partial charge is 0.254 e. The van der Waals surface area contributed by atoms with E-state index in [-0.39, 0.29) is 11.7 Å². The average Bonchev–Trinajstić information content (AvgIpc) is 2.86. The largest absolute Gasteiger partial charge is 0.508 e. The topological polar surface area (TPSA) is 43.8 Å². The Kier molecular flexibility index (Phi) is 3.14. The zero-order valence-electron chi connectivity index (χ0n) is 12.3. The van der Waals surface area contributed by atoms with Gasteiger partial charge in [-0.15, -0.1) is 0 Å². The van der Waals surface area contributed by atoms with Crippen LogP contribution in [0.15, 0.2) is 18.2 Å². The summed E-state index contributed by atoms with van der Waals surface area (Å²) in [6.07, 6.45) is 6.00. The van der Waals surface area contributed by atoms with Crippen LogP contribution in [0.4, 0.5) is 0 Å². The summed E-state index contributed by atoms with van der Waals surface area (Å²) in [5.41, 5.74) is 1.77. The van der Waals surface area contributed by atoms with Crippen LogP contribution in [0, 0.1) is 0 Å². The minimum Gasteiger partial charge on any atom is -0.508 e. The van der Waals surface area contributed by atoms with Crippen molar-refractivity contribution in [2.24, 2.45) is 0 Å². The molecule has 0 bridgehead atoms. The molecule has 2 aliphatic heterocycles. The predicted molar refractivity (Wildman–Crippen MR) is 80.5 cm³/mol. The van der Waals surface area contributed by atoms with E-state index < -0.39 is 0 Å². The second kappa shape index (κ2) is 5.02. The summed E-state index contributed by atoms with van der Waals surface area (Å²) in [6.45, 7) is 2.98. The lowest BCUT2D eigenvalue weighted by molar-refractivity contribution is 0.0646. The molecule has 1 saturated heterocycles. The van der Waals surface area contributed by atoms with Crippen molar-refractivity contribution >= 4 is 5.91 Å². The SMILES string of the molecule is O=C1c2ccc(O)cc2CCN1[C@H]1CCN(C2CCC2)C1. The van der Waals surface area contributed by atoms with E-state index in [0.717, 1.165) is 49.6 Å². The second-order valence-corrected chi connectivity index (χ2v) is 6.61. The molecule has 4 rings (SSSR count). The quantitative estimate of drug-likeness (QED) is 0.904. The molecule has 21 heavy (non-hydrogen) atoms. The van der Waals surface area contributed by atoms with Crippen molar-refractivity contribution in [1.82, 2.24) is 9.80 Å². The van der Waals surface area contributed by atoms with E-state index in [2.05, 4.69) is 9.80 Å². The number of amides is 1. The van der Waals surface area contributed by atoms with Gasteiger partial charge in [-0.3, -0.25) is 9.69 Å². The third-order valence-electron chi connectivity index (χ3n) is 5.43. The Labute approximate surface area is 125 Å². The van der Waals surface area contributed by atoms with Crippen molar-refractivity contribution in [3.63, 3.8) is 0 Å². The van der Waals surface area contributed by atoms with E-state index in [1.165, 1.54) is 19.3 Å². The number of carbonyl (C=O) groups excluding carboxylic acids is 1. The van der Waals surface area contributed by atoms with Crippen molar-refractivity contribution < 1.29 is 9.90 Å². The van der Waals surface area contributed by atoms with E-state index in [4.69, 9.17) is 0 Å². The van der Waals surface area contributed by atoms with E-state index in [1.54, 1.807) is 18.2 Å². The highest BCUT2D eigenvalue weighted by Crippen LogP contribution is 2.31. The number of benzene rings is 1. The molecule has 1 aliphatic carbocycles. The van der Waals surface area contributed by atoms with Crippen molar-refractivity contribution in [3.05, 3.63) is 29.3 Å². The fourth-order valence-corrected chi connectivity index (χ4v) is 3.95. The summed E-state index contributed by atoms with van der Waals surface area (Å²) >= 11 is 0. The van der Waals surface area contributed by atoms with E-state index in [1.807, 2.05) is 0 Å². The lowest BCUT2D eigenvalue weighted by Crippen LogP contribution is -2.47. The normalized spacial score (nSPS) is 26.8. The molecule has 4 heteroatoms. The molecule has 1 aromatic rings. The highest BCUT2D eigenvalue weighted by atomic mass is 16.3. The van der Waals surface area contributed by atoms with E-state index in [0.29, 0.717) is 6.04 Å². The summed E-state index contributed by atoms with van der Waals surface area (Å²) in [7, 11) is 0. The fourth-order valence-electron chi connectivity index (χ4n) is 3.95. The average molecular weight is 286 g/mol. The van der Waals surface area contributed by atoms with Gasteiger partial charge in [0.25, 0.3) is 5.91 Å². The van der Waals surface area contributed by atoms with Gasteiger partial charge in [0.15, 0.2) is 0 Å². The third kappa shape index (κ3) is 2.22.